The monoisotopic (exact) mass is 340 g/mol. The molecule has 0 atom stereocenters. The first-order chi connectivity index (χ1) is 12.7. The summed E-state index contributed by atoms with van der Waals surface area (Å²) in [5, 5.41) is 8.39. The molecule has 26 heavy (non-hydrogen) atoms. The quantitative estimate of drug-likeness (QED) is 0.537. The van der Waals surface area contributed by atoms with E-state index in [0.29, 0.717) is 0 Å². The highest BCUT2D eigenvalue weighted by Gasteiger charge is 2.21. The Hall–Kier alpha value is -2.94. The fourth-order valence-electron chi connectivity index (χ4n) is 4.40. The number of hydrogen-bond donors (Lipinski definition) is 2. The van der Waals surface area contributed by atoms with E-state index in [-0.39, 0.29) is 0 Å². The van der Waals surface area contributed by atoms with Gasteiger partial charge in [0.15, 0.2) is 6.21 Å². The third-order valence-corrected chi connectivity index (χ3v) is 5.56. The van der Waals surface area contributed by atoms with Crippen LogP contribution in [0.15, 0.2) is 42.5 Å². The third kappa shape index (κ3) is 2.27. The number of benzene rings is 2. The molecule has 0 radical (unpaired) electrons. The number of aromatic amines is 1. The summed E-state index contributed by atoms with van der Waals surface area (Å²) in [5.74, 6) is 0. The van der Waals surface area contributed by atoms with Gasteiger partial charge < -0.3 is 4.98 Å². The molecule has 0 bridgehead atoms. The van der Waals surface area contributed by atoms with E-state index in [4.69, 9.17) is 10.4 Å². The van der Waals surface area contributed by atoms with Gasteiger partial charge in [0.2, 0.25) is 0 Å². The second-order valence-corrected chi connectivity index (χ2v) is 7.29. The van der Waals surface area contributed by atoms with Gasteiger partial charge in [-0.15, -0.1) is 0 Å². The van der Waals surface area contributed by atoms with Crippen molar-refractivity contribution in [2.24, 2.45) is 0 Å². The number of nitrogens with two attached hydrogens (primary N) is 1. The number of fused-ring (bicyclic) bond motifs is 5. The zero-order valence-corrected chi connectivity index (χ0v) is 15.0. The van der Waals surface area contributed by atoms with E-state index in [1.165, 1.54) is 46.0 Å². The number of nitrogens with zero attached hydrogens (tertiary/aromatic N) is 1. The van der Waals surface area contributed by atoms with Crippen LogP contribution >= 0.6 is 0 Å². The van der Waals surface area contributed by atoms with E-state index in [9.17, 15) is 0 Å². The molecule has 1 aliphatic rings. The van der Waals surface area contributed by atoms with E-state index in [1.807, 2.05) is 6.07 Å². The van der Waals surface area contributed by atoms with Crippen molar-refractivity contribution >= 4 is 28.0 Å². The maximum atomic E-state index is 5.74. The van der Waals surface area contributed by atoms with Crippen LogP contribution in [0.25, 0.3) is 33.1 Å². The predicted octanol–water partition coefficient (Wildman–Crippen LogP) is 3.75. The zero-order chi connectivity index (χ0) is 17.7. The van der Waals surface area contributed by atoms with Crippen molar-refractivity contribution in [3.8, 4) is 11.3 Å². The maximum absolute atomic E-state index is 5.74. The lowest BCUT2D eigenvalue weighted by molar-refractivity contribution is -0.104. The molecule has 3 heteroatoms. The van der Waals surface area contributed by atoms with Gasteiger partial charge in [0.1, 0.15) is 0 Å². The van der Waals surface area contributed by atoms with Crippen LogP contribution in [-0.2, 0) is 12.8 Å². The summed E-state index contributed by atoms with van der Waals surface area (Å²) in [5.41, 5.74) is 9.73. The number of hydrogen-bond acceptors (Lipinski definition) is 1. The van der Waals surface area contributed by atoms with Gasteiger partial charge in [-0.05, 0) is 74.1 Å². The van der Waals surface area contributed by atoms with Gasteiger partial charge in [0.25, 0.3) is 0 Å². The fourth-order valence-corrected chi connectivity index (χ4v) is 4.40. The predicted molar refractivity (Wildman–Crippen MR) is 108 cm³/mol. The highest BCUT2D eigenvalue weighted by Crippen LogP contribution is 2.38. The van der Waals surface area contributed by atoms with E-state index >= 15 is 0 Å². The van der Waals surface area contributed by atoms with Crippen molar-refractivity contribution < 1.29 is 5.41 Å². The first-order valence-corrected chi connectivity index (χ1v) is 9.34. The molecule has 2 aromatic carbocycles. The molecule has 2 heterocycles. The normalized spacial score (nSPS) is 13.9. The Bertz CT molecular complexity index is 1170. The van der Waals surface area contributed by atoms with E-state index in [1.54, 1.807) is 6.21 Å². The molecule has 0 aliphatic heterocycles. The third-order valence-electron chi connectivity index (χ3n) is 5.56. The van der Waals surface area contributed by atoms with Crippen LogP contribution in [0.1, 0.15) is 35.2 Å². The molecule has 0 amide bonds. The van der Waals surface area contributed by atoms with Gasteiger partial charge >= 0.3 is 0 Å². The number of aromatic nitrogens is 2. The van der Waals surface area contributed by atoms with Crippen LogP contribution in [-0.4, -0.2) is 16.2 Å². The Morgan fingerprint density at radius 2 is 1.88 bits per heavy atom. The molecule has 2 aromatic heterocycles. The number of H-pyrrole nitrogens is 1. The molecule has 128 valence electrons. The van der Waals surface area contributed by atoms with Crippen LogP contribution in [0.4, 0.5) is 0 Å². The topological polar surface area (TPSA) is 54.3 Å². The Morgan fingerprint density at radius 3 is 2.73 bits per heavy atom. The van der Waals surface area contributed by atoms with Gasteiger partial charge in [-0.1, -0.05) is 12.1 Å². The second kappa shape index (κ2) is 5.80. The van der Waals surface area contributed by atoms with Crippen molar-refractivity contribution in [1.82, 2.24) is 9.97 Å². The number of pyridine rings is 1. The first kappa shape index (κ1) is 15.3. The summed E-state index contributed by atoms with van der Waals surface area (Å²) >= 11 is 0. The first-order valence-electron chi connectivity index (χ1n) is 9.34. The summed E-state index contributed by atoms with van der Waals surface area (Å²) in [7, 11) is 0. The Morgan fingerprint density at radius 1 is 1.04 bits per heavy atom. The van der Waals surface area contributed by atoms with Crippen LogP contribution in [0, 0.1) is 6.92 Å². The zero-order valence-electron chi connectivity index (χ0n) is 15.0. The largest absolute Gasteiger partial charge is 0.359 e. The molecule has 0 saturated heterocycles. The summed E-state index contributed by atoms with van der Waals surface area (Å²) in [6.45, 7) is 2.12. The summed E-state index contributed by atoms with van der Waals surface area (Å²) in [4.78, 5) is 8.60. The Labute approximate surface area is 152 Å². The summed E-state index contributed by atoms with van der Waals surface area (Å²) in [6.07, 6.45) is 6.38. The van der Waals surface area contributed by atoms with Crippen molar-refractivity contribution in [2.45, 2.75) is 32.6 Å². The van der Waals surface area contributed by atoms with Crippen molar-refractivity contribution in [3.05, 3.63) is 64.8 Å². The average molecular weight is 340 g/mol. The van der Waals surface area contributed by atoms with Crippen LogP contribution in [0.5, 0.6) is 0 Å². The number of nitrogens with one attached hydrogen (secondary N) is 1. The molecule has 0 spiro atoms. The minimum absolute atomic E-state index is 1.03. The second-order valence-electron chi connectivity index (χ2n) is 7.29. The molecule has 5 rings (SSSR count). The van der Waals surface area contributed by atoms with Gasteiger partial charge in [0.05, 0.1) is 11.2 Å². The summed E-state index contributed by atoms with van der Waals surface area (Å²) < 4.78 is 0. The molecule has 0 fully saturated rings. The van der Waals surface area contributed by atoms with E-state index in [0.717, 1.165) is 35.2 Å². The minimum Gasteiger partial charge on any atom is -0.359 e. The Kier molecular flexibility index (Phi) is 3.42. The van der Waals surface area contributed by atoms with E-state index in [2.05, 4.69) is 48.3 Å². The van der Waals surface area contributed by atoms with E-state index < -0.39 is 0 Å². The molecular formula is C23H22N3+. The SMILES string of the molecule is Cc1cc2c(ccc3nc(-c4cccc(C=[NH2+])c4)c4c(c32)CCCC4)[nH]1. The lowest BCUT2D eigenvalue weighted by Gasteiger charge is -2.22. The number of aryl methyl sites for hydroxylation is 2. The highest BCUT2D eigenvalue weighted by atomic mass is 14.7. The van der Waals surface area contributed by atoms with Crippen molar-refractivity contribution in [1.29, 1.82) is 0 Å². The lowest BCUT2D eigenvalue weighted by Crippen LogP contribution is -2.29. The van der Waals surface area contributed by atoms with Gasteiger partial charge in [0, 0.05) is 33.1 Å². The standard InChI is InChI=1S/C23H21N3/c1-14-11-19-20(25-14)9-10-21-22(19)17-7-2-3-8-18(17)23(26-21)16-6-4-5-15(12-16)13-24/h4-6,9-13,24-25H,2-3,7-8H2,1H3/p+1. The van der Waals surface area contributed by atoms with Gasteiger partial charge in [-0.25, -0.2) is 4.98 Å². The van der Waals surface area contributed by atoms with Gasteiger partial charge in [-0.3, -0.25) is 5.41 Å². The van der Waals surface area contributed by atoms with Crippen molar-refractivity contribution in [3.63, 3.8) is 0 Å². The average Bonchev–Trinajstić information content (AvgIpc) is 3.07. The van der Waals surface area contributed by atoms with Crippen LogP contribution in [0.2, 0.25) is 0 Å². The molecule has 0 unspecified atom stereocenters. The molecule has 0 saturated carbocycles. The highest BCUT2D eigenvalue weighted by molar-refractivity contribution is 6.08. The van der Waals surface area contributed by atoms with Crippen molar-refractivity contribution in [2.75, 3.05) is 0 Å². The smallest absolute Gasteiger partial charge is 0.167 e. The maximum Gasteiger partial charge on any atom is 0.167 e. The molecule has 3 nitrogen and oxygen atoms in total. The van der Waals surface area contributed by atoms with Crippen LogP contribution < -0.4 is 5.41 Å². The fraction of sp³-hybridized carbons (Fsp3) is 0.217. The molecule has 4 aromatic rings. The number of rotatable bonds is 2. The minimum atomic E-state index is 1.03. The Balaban J connectivity index is 1.88. The lowest BCUT2D eigenvalue weighted by atomic mass is 9.85. The van der Waals surface area contributed by atoms with Crippen LogP contribution in [0.3, 0.4) is 0 Å². The molecular weight excluding hydrogens is 318 g/mol. The molecule has 3 N–H and O–H groups in total. The summed E-state index contributed by atoms with van der Waals surface area (Å²) in [6, 6.07) is 15.0. The molecule has 1 aliphatic carbocycles. The van der Waals surface area contributed by atoms with Gasteiger partial charge in [-0.2, -0.15) is 0 Å².